The molecule has 0 atom stereocenters. The average molecular weight is 622 g/mol. The third-order valence-corrected chi connectivity index (χ3v) is 7.22. The summed E-state index contributed by atoms with van der Waals surface area (Å²) in [6.45, 7) is 5.76. The third kappa shape index (κ3) is 10.0. The van der Waals surface area contributed by atoms with Crippen molar-refractivity contribution in [2.24, 2.45) is 0 Å². The molecule has 4 N–H and O–H groups in total. The summed E-state index contributed by atoms with van der Waals surface area (Å²) in [5.41, 5.74) is 9.28. The highest BCUT2D eigenvalue weighted by molar-refractivity contribution is 5.82. The number of nitrogens with two attached hydrogens (primary N) is 1. The van der Waals surface area contributed by atoms with Crippen LogP contribution < -0.4 is 20.9 Å². The number of imidazole rings is 1. The van der Waals surface area contributed by atoms with Gasteiger partial charge in [0.2, 0.25) is 5.88 Å². The molecule has 0 amide bonds. The van der Waals surface area contributed by atoms with Gasteiger partial charge in [-0.1, -0.05) is 43.7 Å². The Labute approximate surface area is 262 Å². The van der Waals surface area contributed by atoms with Gasteiger partial charge >= 0.3 is 17.7 Å². The molecule has 0 aliphatic heterocycles. The lowest BCUT2D eigenvalue weighted by Gasteiger charge is -2.22. The second-order valence-corrected chi connectivity index (χ2v) is 10.8. The molecule has 3 heterocycles. The standard InChI is InChI=1S/C32H43N7O6/c1-3-4-16-45-31-36-29(33)28-30(37-31)39(32(42)35-28)22-25-11-12-26(34-20-25)44-17-6-5-13-38(14-8-15-40)21-24-10-7-9-23(18-24)19-27(41)43-2/h7,9-12,18,20,40H,3-6,8,13-17,19,21-22H2,1-2H3,(H,35,42)(H2,33,36,37). The van der Waals surface area contributed by atoms with Crippen LogP contribution in [0.25, 0.3) is 11.2 Å². The lowest BCUT2D eigenvalue weighted by Crippen LogP contribution is -2.26. The number of fused-ring (bicyclic) bond motifs is 1. The van der Waals surface area contributed by atoms with Crippen LogP contribution in [0.2, 0.25) is 0 Å². The van der Waals surface area contributed by atoms with Crippen molar-refractivity contribution in [3.05, 3.63) is 69.8 Å². The van der Waals surface area contributed by atoms with Crippen LogP contribution in [0.3, 0.4) is 0 Å². The number of aromatic amines is 1. The maximum atomic E-state index is 12.7. The van der Waals surface area contributed by atoms with Gasteiger partial charge in [-0.3, -0.25) is 14.3 Å². The van der Waals surface area contributed by atoms with Crippen molar-refractivity contribution < 1.29 is 24.1 Å². The van der Waals surface area contributed by atoms with E-state index in [1.807, 2.05) is 30.3 Å². The van der Waals surface area contributed by atoms with E-state index in [2.05, 4.69) is 31.8 Å². The number of hydrogen-bond acceptors (Lipinski definition) is 11. The number of ether oxygens (including phenoxy) is 3. The molecule has 1 aromatic carbocycles. The first-order valence-corrected chi connectivity index (χ1v) is 15.3. The van der Waals surface area contributed by atoms with E-state index in [9.17, 15) is 14.7 Å². The molecule has 0 saturated heterocycles. The number of nitrogen functional groups attached to an aromatic ring is 1. The van der Waals surface area contributed by atoms with Gasteiger partial charge in [-0.05, 0) is 48.9 Å². The smallest absolute Gasteiger partial charge is 0.328 e. The number of aliphatic hydroxyl groups is 1. The Morgan fingerprint density at radius 2 is 1.82 bits per heavy atom. The van der Waals surface area contributed by atoms with Gasteiger partial charge in [-0.25, -0.2) is 9.78 Å². The second-order valence-electron chi connectivity index (χ2n) is 10.8. The van der Waals surface area contributed by atoms with Gasteiger partial charge in [0.1, 0.15) is 5.52 Å². The van der Waals surface area contributed by atoms with E-state index in [-0.39, 0.29) is 43.1 Å². The van der Waals surface area contributed by atoms with Crippen LogP contribution >= 0.6 is 0 Å². The van der Waals surface area contributed by atoms with Crippen molar-refractivity contribution in [3.8, 4) is 11.9 Å². The summed E-state index contributed by atoms with van der Waals surface area (Å²) in [6, 6.07) is 11.7. The molecule has 0 bridgehead atoms. The fourth-order valence-electron chi connectivity index (χ4n) is 4.84. The van der Waals surface area contributed by atoms with Crippen LogP contribution in [0.15, 0.2) is 47.4 Å². The molecule has 45 heavy (non-hydrogen) atoms. The predicted octanol–water partition coefficient (Wildman–Crippen LogP) is 3.08. The number of nitrogens with zero attached hydrogens (tertiary/aromatic N) is 5. The van der Waals surface area contributed by atoms with Gasteiger partial charge in [0.15, 0.2) is 11.5 Å². The molecule has 0 spiro atoms. The summed E-state index contributed by atoms with van der Waals surface area (Å²) in [5.74, 6) is 0.398. The quantitative estimate of drug-likeness (QED) is 0.104. The van der Waals surface area contributed by atoms with Crippen LogP contribution in [0.5, 0.6) is 11.9 Å². The number of anilines is 1. The van der Waals surface area contributed by atoms with Crippen molar-refractivity contribution in [3.63, 3.8) is 0 Å². The first kappa shape index (κ1) is 33.4. The number of pyridine rings is 1. The summed E-state index contributed by atoms with van der Waals surface area (Å²) in [6.07, 6.45) is 6.18. The number of carbonyl (C=O) groups is 1. The van der Waals surface area contributed by atoms with Crippen molar-refractivity contribution in [2.45, 2.75) is 58.5 Å². The Bertz CT molecular complexity index is 1570. The van der Waals surface area contributed by atoms with Gasteiger partial charge in [-0.2, -0.15) is 9.97 Å². The van der Waals surface area contributed by atoms with Crippen molar-refractivity contribution in [1.82, 2.24) is 29.4 Å². The summed E-state index contributed by atoms with van der Waals surface area (Å²) < 4.78 is 17.7. The van der Waals surface area contributed by atoms with Crippen molar-refractivity contribution >= 4 is 23.0 Å². The SMILES string of the molecule is CCCCOc1nc(N)c2[nH]c(=O)n(Cc3ccc(OCCCCN(CCCO)Cc4cccc(CC(=O)OC)c4)nc3)c2n1. The van der Waals surface area contributed by atoms with Crippen molar-refractivity contribution in [1.29, 1.82) is 0 Å². The molecule has 4 aromatic rings. The van der Waals surface area contributed by atoms with Crippen LogP contribution in [0.4, 0.5) is 5.82 Å². The molecule has 0 aliphatic rings. The largest absolute Gasteiger partial charge is 0.478 e. The highest BCUT2D eigenvalue weighted by Crippen LogP contribution is 2.19. The summed E-state index contributed by atoms with van der Waals surface area (Å²) in [5, 5.41) is 9.36. The Morgan fingerprint density at radius 1 is 1.02 bits per heavy atom. The van der Waals surface area contributed by atoms with Gasteiger partial charge in [-0.15, -0.1) is 0 Å². The topological polar surface area (TPSA) is 171 Å². The van der Waals surface area contributed by atoms with Gasteiger partial charge in [0.05, 0.1) is 33.3 Å². The molecule has 0 unspecified atom stereocenters. The minimum atomic E-state index is -0.348. The van der Waals surface area contributed by atoms with E-state index in [0.717, 1.165) is 62.0 Å². The predicted molar refractivity (Wildman–Crippen MR) is 170 cm³/mol. The van der Waals surface area contributed by atoms with E-state index in [0.29, 0.717) is 36.7 Å². The molecule has 0 saturated carbocycles. The number of aromatic nitrogens is 5. The first-order valence-electron chi connectivity index (χ1n) is 15.3. The number of methoxy groups -OCH3 is 1. The molecule has 0 radical (unpaired) electrons. The molecular weight excluding hydrogens is 578 g/mol. The summed E-state index contributed by atoms with van der Waals surface area (Å²) in [4.78, 5) is 42.3. The normalized spacial score (nSPS) is 11.3. The maximum absolute atomic E-state index is 12.7. The molecular formula is C32H43N7O6. The summed E-state index contributed by atoms with van der Waals surface area (Å²) >= 11 is 0. The Balaban J connectivity index is 1.27. The molecule has 13 nitrogen and oxygen atoms in total. The number of unbranched alkanes of at least 4 members (excludes halogenated alkanes) is 2. The van der Waals surface area contributed by atoms with Gasteiger partial charge in [0.25, 0.3) is 0 Å². The summed E-state index contributed by atoms with van der Waals surface area (Å²) in [7, 11) is 1.39. The minimum Gasteiger partial charge on any atom is -0.478 e. The fourth-order valence-corrected chi connectivity index (χ4v) is 4.84. The lowest BCUT2D eigenvalue weighted by atomic mass is 10.1. The Hall–Kier alpha value is -4.49. The maximum Gasteiger partial charge on any atom is 0.328 e. The average Bonchev–Trinajstić information content (AvgIpc) is 3.35. The fraction of sp³-hybridized carbons (Fsp3) is 0.469. The zero-order valence-electron chi connectivity index (χ0n) is 26.0. The van der Waals surface area contributed by atoms with Crippen molar-refractivity contribution in [2.75, 3.05) is 45.8 Å². The number of rotatable bonds is 19. The molecule has 4 rings (SSSR count). The third-order valence-electron chi connectivity index (χ3n) is 7.22. The molecule has 13 heteroatoms. The zero-order chi connectivity index (χ0) is 32.0. The molecule has 0 aliphatic carbocycles. The number of carbonyl (C=O) groups excluding carboxylic acids is 1. The van der Waals surface area contributed by atoms with Crippen LogP contribution in [-0.2, 0) is 29.0 Å². The van der Waals surface area contributed by atoms with E-state index in [1.165, 1.54) is 11.7 Å². The van der Waals surface area contributed by atoms with Gasteiger partial charge < -0.3 is 30.0 Å². The Kier molecular flexibility index (Phi) is 12.7. The highest BCUT2D eigenvalue weighted by Gasteiger charge is 2.15. The monoisotopic (exact) mass is 621 g/mol. The number of H-pyrrole nitrogens is 1. The number of hydrogen-bond donors (Lipinski definition) is 3. The highest BCUT2D eigenvalue weighted by atomic mass is 16.5. The molecule has 3 aromatic heterocycles. The Morgan fingerprint density at radius 3 is 2.58 bits per heavy atom. The van der Waals surface area contributed by atoms with Gasteiger partial charge in [0, 0.05) is 32.0 Å². The lowest BCUT2D eigenvalue weighted by molar-refractivity contribution is -0.139. The van der Waals surface area contributed by atoms with E-state index in [1.54, 1.807) is 12.3 Å². The van der Waals surface area contributed by atoms with E-state index >= 15 is 0 Å². The molecule has 0 fully saturated rings. The first-order chi connectivity index (χ1) is 21.9. The number of benzene rings is 1. The second kappa shape index (κ2) is 17.1. The van der Waals surface area contributed by atoms with E-state index < -0.39 is 0 Å². The zero-order valence-corrected chi connectivity index (χ0v) is 26.0. The number of aliphatic hydroxyl groups excluding tert-OH is 1. The van der Waals surface area contributed by atoms with Crippen LogP contribution in [0.1, 0.15) is 55.7 Å². The number of nitrogens with one attached hydrogen (secondary N) is 1. The van der Waals surface area contributed by atoms with Crippen LogP contribution in [0, 0.1) is 0 Å². The van der Waals surface area contributed by atoms with Crippen LogP contribution in [-0.4, -0.2) is 80.5 Å². The minimum absolute atomic E-state index is 0.134. The molecule has 242 valence electrons. The number of esters is 1. The van der Waals surface area contributed by atoms with E-state index in [4.69, 9.17) is 19.9 Å².